The molecule has 0 aliphatic heterocycles. The number of hydrogen-bond donors (Lipinski definition) is 1. The van der Waals surface area contributed by atoms with Crippen LogP contribution in [0.25, 0.3) is 0 Å². The number of nitrogens with zero attached hydrogens (tertiary/aromatic N) is 2. The van der Waals surface area contributed by atoms with E-state index in [1.807, 2.05) is 13.0 Å². The first-order valence-corrected chi connectivity index (χ1v) is 5.56. The first-order valence-electron chi connectivity index (χ1n) is 5.56. The summed E-state index contributed by atoms with van der Waals surface area (Å²) < 4.78 is 7.24. The van der Waals surface area contributed by atoms with Gasteiger partial charge in [0.2, 0.25) is 0 Å². The molecule has 0 aliphatic carbocycles. The molecule has 2 aromatic rings. The van der Waals surface area contributed by atoms with Crippen molar-refractivity contribution in [1.82, 2.24) is 15.0 Å². The highest BCUT2D eigenvalue weighted by atomic mass is 16.5. The molecule has 4 nitrogen and oxygen atoms in total. The number of aromatic nitrogens is 2. The Bertz CT molecular complexity index is 445. The second kappa shape index (κ2) is 4.99. The minimum atomic E-state index is 0.769. The zero-order chi connectivity index (χ0) is 11.4. The summed E-state index contributed by atoms with van der Waals surface area (Å²) in [5.41, 5.74) is 2.23. The van der Waals surface area contributed by atoms with E-state index in [4.69, 9.17) is 4.52 Å². The molecule has 0 aliphatic rings. The maximum atomic E-state index is 5.06. The summed E-state index contributed by atoms with van der Waals surface area (Å²) >= 11 is 0. The zero-order valence-electron chi connectivity index (χ0n) is 9.73. The van der Waals surface area contributed by atoms with Gasteiger partial charge in [-0.05, 0) is 25.6 Å². The summed E-state index contributed by atoms with van der Waals surface area (Å²) in [5.74, 6) is 0.857. The van der Waals surface area contributed by atoms with Gasteiger partial charge < -0.3 is 14.4 Å². The first kappa shape index (κ1) is 11.0. The smallest absolute Gasteiger partial charge is 0.133 e. The molecule has 0 atom stereocenters. The number of hydrogen-bond acceptors (Lipinski definition) is 3. The van der Waals surface area contributed by atoms with Crippen LogP contribution in [0, 0.1) is 6.92 Å². The van der Waals surface area contributed by atoms with E-state index in [0.717, 1.165) is 31.1 Å². The molecule has 16 heavy (non-hydrogen) atoms. The van der Waals surface area contributed by atoms with Gasteiger partial charge in [0.05, 0.1) is 6.54 Å². The van der Waals surface area contributed by atoms with Crippen molar-refractivity contribution < 1.29 is 4.52 Å². The van der Waals surface area contributed by atoms with E-state index >= 15 is 0 Å². The zero-order valence-corrected chi connectivity index (χ0v) is 9.73. The number of nitrogens with one attached hydrogen (secondary N) is 1. The molecular weight excluding hydrogens is 202 g/mol. The minimum absolute atomic E-state index is 0.769. The van der Waals surface area contributed by atoms with Crippen molar-refractivity contribution in [3.63, 3.8) is 0 Å². The van der Waals surface area contributed by atoms with Crippen molar-refractivity contribution in [2.24, 2.45) is 0 Å². The highest BCUT2D eigenvalue weighted by Gasteiger charge is 2.04. The highest BCUT2D eigenvalue weighted by Crippen LogP contribution is 2.08. The lowest BCUT2D eigenvalue weighted by atomic mass is 10.3. The molecule has 2 aromatic heterocycles. The largest absolute Gasteiger partial charge is 0.361 e. The van der Waals surface area contributed by atoms with Gasteiger partial charge in [-0.2, -0.15) is 0 Å². The normalized spacial score (nSPS) is 10.9. The van der Waals surface area contributed by atoms with E-state index in [0.29, 0.717) is 0 Å². The Labute approximate surface area is 95.2 Å². The molecule has 0 radical (unpaired) electrons. The number of aryl methyl sites for hydroxylation is 1. The Morgan fingerprint density at radius 2 is 2.38 bits per heavy atom. The predicted molar refractivity (Wildman–Crippen MR) is 62.2 cm³/mol. The van der Waals surface area contributed by atoms with E-state index < -0.39 is 0 Å². The van der Waals surface area contributed by atoms with Crippen LogP contribution >= 0.6 is 0 Å². The molecule has 0 saturated carbocycles. The van der Waals surface area contributed by atoms with Crippen LogP contribution in [0.4, 0.5) is 0 Å². The molecule has 1 N–H and O–H groups in total. The van der Waals surface area contributed by atoms with Crippen LogP contribution in [-0.4, -0.2) is 16.3 Å². The summed E-state index contributed by atoms with van der Waals surface area (Å²) in [5, 5.41) is 7.31. The molecule has 0 saturated heterocycles. The van der Waals surface area contributed by atoms with Gasteiger partial charge >= 0.3 is 0 Å². The lowest BCUT2D eigenvalue weighted by Crippen LogP contribution is -2.15. The second-order valence-corrected chi connectivity index (χ2v) is 3.84. The standard InChI is InChI=1S/C12H17N3O/c1-3-13-8-12-5-4-6-15(12)9-11-7-10(2)16-14-11/h4-7,13H,3,8-9H2,1-2H3. The molecule has 86 valence electrons. The van der Waals surface area contributed by atoms with Crippen LogP contribution in [0.5, 0.6) is 0 Å². The van der Waals surface area contributed by atoms with Crippen molar-refractivity contribution in [3.05, 3.63) is 41.5 Å². The van der Waals surface area contributed by atoms with Gasteiger partial charge in [0.15, 0.2) is 0 Å². The van der Waals surface area contributed by atoms with Crippen LogP contribution in [0.3, 0.4) is 0 Å². The van der Waals surface area contributed by atoms with Crippen LogP contribution < -0.4 is 5.32 Å². The summed E-state index contributed by atoms with van der Waals surface area (Å²) in [4.78, 5) is 0. The van der Waals surface area contributed by atoms with Crippen molar-refractivity contribution >= 4 is 0 Å². The SMILES string of the molecule is CCNCc1cccn1Cc1cc(C)on1. The predicted octanol–water partition coefficient (Wildman–Crippen LogP) is 1.94. The molecule has 0 amide bonds. The van der Waals surface area contributed by atoms with Gasteiger partial charge in [0.25, 0.3) is 0 Å². The van der Waals surface area contributed by atoms with Crippen LogP contribution in [0.2, 0.25) is 0 Å². The summed E-state index contributed by atoms with van der Waals surface area (Å²) in [7, 11) is 0. The minimum Gasteiger partial charge on any atom is -0.361 e. The van der Waals surface area contributed by atoms with Gasteiger partial charge in [-0.1, -0.05) is 12.1 Å². The van der Waals surface area contributed by atoms with Gasteiger partial charge in [-0.25, -0.2) is 0 Å². The Hall–Kier alpha value is -1.55. The van der Waals surface area contributed by atoms with Crippen molar-refractivity contribution in [3.8, 4) is 0 Å². The molecule has 0 aromatic carbocycles. The maximum Gasteiger partial charge on any atom is 0.133 e. The quantitative estimate of drug-likeness (QED) is 0.835. The Balaban J connectivity index is 2.06. The summed E-state index contributed by atoms with van der Waals surface area (Å²) in [6.07, 6.45) is 2.07. The highest BCUT2D eigenvalue weighted by molar-refractivity contribution is 5.11. The van der Waals surface area contributed by atoms with Crippen molar-refractivity contribution in [1.29, 1.82) is 0 Å². The monoisotopic (exact) mass is 219 g/mol. The van der Waals surface area contributed by atoms with E-state index in [1.54, 1.807) is 0 Å². The van der Waals surface area contributed by atoms with Crippen molar-refractivity contribution in [2.75, 3.05) is 6.54 Å². The van der Waals surface area contributed by atoms with E-state index in [1.165, 1.54) is 5.69 Å². The molecule has 0 fully saturated rings. The average Bonchev–Trinajstić information content (AvgIpc) is 2.86. The van der Waals surface area contributed by atoms with Crippen LogP contribution in [0.15, 0.2) is 28.9 Å². The van der Waals surface area contributed by atoms with Gasteiger partial charge in [-0.15, -0.1) is 0 Å². The van der Waals surface area contributed by atoms with E-state index in [2.05, 4.69) is 40.3 Å². The van der Waals surface area contributed by atoms with Gasteiger partial charge in [0.1, 0.15) is 11.5 Å². The third-order valence-electron chi connectivity index (χ3n) is 2.49. The molecule has 0 bridgehead atoms. The van der Waals surface area contributed by atoms with E-state index in [9.17, 15) is 0 Å². The van der Waals surface area contributed by atoms with Crippen LogP contribution in [0.1, 0.15) is 24.1 Å². The third-order valence-corrected chi connectivity index (χ3v) is 2.49. The fourth-order valence-electron chi connectivity index (χ4n) is 1.68. The molecule has 0 unspecified atom stereocenters. The Morgan fingerprint density at radius 1 is 1.50 bits per heavy atom. The molecule has 4 heteroatoms. The average molecular weight is 219 g/mol. The molecule has 2 rings (SSSR count). The lowest BCUT2D eigenvalue weighted by Gasteiger charge is -2.07. The van der Waals surface area contributed by atoms with E-state index in [-0.39, 0.29) is 0 Å². The number of rotatable bonds is 5. The van der Waals surface area contributed by atoms with Gasteiger partial charge in [-0.3, -0.25) is 0 Å². The van der Waals surface area contributed by atoms with Crippen LogP contribution in [-0.2, 0) is 13.1 Å². The Kier molecular flexibility index (Phi) is 3.41. The second-order valence-electron chi connectivity index (χ2n) is 3.84. The Morgan fingerprint density at radius 3 is 3.06 bits per heavy atom. The topological polar surface area (TPSA) is 43.0 Å². The lowest BCUT2D eigenvalue weighted by molar-refractivity contribution is 0.388. The fraction of sp³-hybridized carbons (Fsp3) is 0.417. The fourth-order valence-corrected chi connectivity index (χ4v) is 1.68. The van der Waals surface area contributed by atoms with Gasteiger partial charge in [0, 0.05) is 24.5 Å². The molecule has 0 spiro atoms. The maximum absolute atomic E-state index is 5.06. The third kappa shape index (κ3) is 2.52. The summed E-state index contributed by atoms with van der Waals surface area (Å²) in [6, 6.07) is 6.15. The first-order chi connectivity index (χ1) is 7.79. The molecule has 2 heterocycles. The summed E-state index contributed by atoms with van der Waals surface area (Å²) in [6.45, 7) is 6.65. The molecular formula is C12H17N3O. The van der Waals surface area contributed by atoms with Crippen molar-refractivity contribution in [2.45, 2.75) is 26.9 Å².